The number of aryl methyl sites for hydroxylation is 2. The fraction of sp³-hybridized carbons (Fsp3) is 0.400. The maximum absolute atomic E-state index is 13.7. The SMILES string of the molecule is Fc1ccc2c(c1)CCc1ccccc1N2C1CCCCC1. The average Bonchev–Trinajstić information content (AvgIpc) is 2.72. The van der Waals surface area contributed by atoms with E-state index < -0.39 is 0 Å². The second-order valence-electron chi connectivity index (χ2n) is 6.56. The van der Waals surface area contributed by atoms with E-state index in [2.05, 4.69) is 29.2 Å². The summed E-state index contributed by atoms with van der Waals surface area (Å²) in [5, 5.41) is 0. The van der Waals surface area contributed by atoms with E-state index in [1.165, 1.54) is 49.0 Å². The number of benzene rings is 2. The topological polar surface area (TPSA) is 3.24 Å². The van der Waals surface area contributed by atoms with Crippen molar-refractivity contribution in [3.05, 3.63) is 59.4 Å². The van der Waals surface area contributed by atoms with E-state index in [4.69, 9.17) is 0 Å². The van der Waals surface area contributed by atoms with Crippen LogP contribution in [-0.4, -0.2) is 6.04 Å². The molecule has 2 aliphatic rings. The molecule has 0 bridgehead atoms. The maximum atomic E-state index is 13.7. The molecule has 1 saturated carbocycles. The Morgan fingerprint density at radius 2 is 1.55 bits per heavy atom. The van der Waals surface area contributed by atoms with E-state index in [-0.39, 0.29) is 5.82 Å². The van der Waals surface area contributed by atoms with Crippen LogP contribution in [0.15, 0.2) is 42.5 Å². The van der Waals surface area contributed by atoms with Gasteiger partial charge >= 0.3 is 0 Å². The molecule has 2 aromatic rings. The predicted molar refractivity (Wildman–Crippen MR) is 89.3 cm³/mol. The summed E-state index contributed by atoms with van der Waals surface area (Å²) in [5.41, 5.74) is 5.10. The molecule has 114 valence electrons. The minimum absolute atomic E-state index is 0.117. The van der Waals surface area contributed by atoms with Crippen molar-refractivity contribution < 1.29 is 4.39 Å². The van der Waals surface area contributed by atoms with Crippen molar-refractivity contribution in [1.82, 2.24) is 0 Å². The summed E-state index contributed by atoms with van der Waals surface area (Å²) < 4.78 is 13.7. The number of hydrogen-bond donors (Lipinski definition) is 0. The molecular weight excluding hydrogens is 273 g/mol. The van der Waals surface area contributed by atoms with Crippen molar-refractivity contribution in [2.75, 3.05) is 4.90 Å². The van der Waals surface area contributed by atoms with E-state index in [1.807, 2.05) is 6.07 Å². The molecule has 1 aliphatic heterocycles. The summed E-state index contributed by atoms with van der Waals surface area (Å²) in [6.45, 7) is 0. The van der Waals surface area contributed by atoms with Gasteiger partial charge in [-0.3, -0.25) is 0 Å². The summed E-state index contributed by atoms with van der Waals surface area (Å²) in [4.78, 5) is 2.51. The Balaban J connectivity index is 1.86. The largest absolute Gasteiger partial charge is 0.338 e. The summed E-state index contributed by atoms with van der Waals surface area (Å²) >= 11 is 0. The first-order chi connectivity index (χ1) is 10.8. The zero-order valence-electron chi connectivity index (χ0n) is 12.9. The lowest BCUT2D eigenvalue weighted by Gasteiger charge is -2.37. The van der Waals surface area contributed by atoms with Gasteiger partial charge in [0.05, 0.1) is 0 Å². The smallest absolute Gasteiger partial charge is 0.123 e. The summed E-state index contributed by atoms with van der Waals surface area (Å²) in [7, 11) is 0. The zero-order valence-corrected chi connectivity index (χ0v) is 12.9. The normalized spacial score (nSPS) is 18.5. The lowest BCUT2D eigenvalue weighted by Crippen LogP contribution is -2.33. The van der Waals surface area contributed by atoms with E-state index in [0.717, 1.165) is 18.4 Å². The molecule has 0 N–H and O–H groups in total. The Hall–Kier alpha value is -1.83. The molecule has 0 unspecified atom stereocenters. The quantitative estimate of drug-likeness (QED) is 0.681. The minimum Gasteiger partial charge on any atom is -0.338 e. The van der Waals surface area contributed by atoms with Crippen LogP contribution < -0.4 is 4.90 Å². The number of rotatable bonds is 1. The first kappa shape index (κ1) is 13.8. The van der Waals surface area contributed by atoms with Crippen LogP contribution in [-0.2, 0) is 12.8 Å². The summed E-state index contributed by atoms with van der Waals surface area (Å²) in [6.07, 6.45) is 8.36. The van der Waals surface area contributed by atoms with Crippen LogP contribution in [0.3, 0.4) is 0 Å². The molecule has 0 radical (unpaired) electrons. The number of nitrogens with zero attached hydrogens (tertiary/aromatic N) is 1. The predicted octanol–water partition coefficient (Wildman–Crippen LogP) is 5.40. The molecule has 0 saturated heterocycles. The molecule has 1 heterocycles. The van der Waals surface area contributed by atoms with Gasteiger partial charge < -0.3 is 4.90 Å². The number of fused-ring (bicyclic) bond motifs is 2. The second kappa shape index (κ2) is 5.75. The lowest BCUT2D eigenvalue weighted by molar-refractivity contribution is 0.435. The third kappa shape index (κ3) is 2.41. The Bertz CT molecular complexity index is 673. The zero-order chi connectivity index (χ0) is 14.9. The monoisotopic (exact) mass is 295 g/mol. The number of hydrogen-bond acceptors (Lipinski definition) is 1. The summed E-state index contributed by atoms with van der Waals surface area (Å²) in [5.74, 6) is -0.117. The average molecular weight is 295 g/mol. The van der Waals surface area contributed by atoms with Crippen molar-refractivity contribution in [2.45, 2.75) is 51.0 Å². The van der Waals surface area contributed by atoms with Crippen LogP contribution in [0.1, 0.15) is 43.2 Å². The molecular formula is C20H22FN. The van der Waals surface area contributed by atoms with Gasteiger partial charge in [0.1, 0.15) is 5.82 Å². The maximum Gasteiger partial charge on any atom is 0.123 e. The van der Waals surface area contributed by atoms with E-state index in [9.17, 15) is 4.39 Å². The third-order valence-electron chi connectivity index (χ3n) is 5.16. The van der Waals surface area contributed by atoms with E-state index >= 15 is 0 Å². The molecule has 2 aromatic carbocycles. The van der Waals surface area contributed by atoms with E-state index in [0.29, 0.717) is 6.04 Å². The van der Waals surface area contributed by atoms with Gasteiger partial charge in [-0.2, -0.15) is 0 Å². The Morgan fingerprint density at radius 1 is 0.818 bits per heavy atom. The fourth-order valence-electron chi connectivity index (χ4n) is 4.08. The van der Waals surface area contributed by atoms with Gasteiger partial charge in [-0.1, -0.05) is 37.5 Å². The van der Waals surface area contributed by atoms with Gasteiger partial charge in [-0.15, -0.1) is 0 Å². The third-order valence-corrected chi connectivity index (χ3v) is 5.16. The molecule has 4 rings (SSSR count). The van der Waals surface area contributed by atoms with Crippen molar-refractivity contribution in [3.8, 4) is 0 Å². The van der Waals surface area contributed by atoms with Gasteiger partial charge in [0, 0.05) is 17.4 Å². The highest BCUT2D eigenvalue weighted by Gasteiger charge is 2.28. The number of halogens is 1. The fourth-order valence-corrected chi connectivity index (χ4v) is 4.08. The van der Waals surface area contributed by atoms with Gasteiger partial charge in [-0.05, 0) is 61.1 Å². The molecule has 1 aliphatic carbocycles. The molecule has 2 heteroatoms. The highest BCUT2D eigenvalue weighted by atomic mass is 19.1. The number of para-hydroxylation sites is 1. The van der Waals surface area contributed by atoms with Crippen molar-refractivity contribution in [3.63, 3.8) is 0 Å². The molecule has 1 fully saturated rings. The molecule has 22 heavy (non-hydrogen) atoms. The van der Waals surface area contributed by atoms with Crippen LogP contribution >= 0.6 is 0 Å². The lowest BCUT2D eigenvalue weighted by atomic mass is 9.92. The van der Waals surface area contributed by atoms with Gasteiger partial charge in [-0.25, -0.2) is 4.39 Å². The Labute approximate surface area is 131 Å². The Kier molecular flexibility index (Phi) is 3.61. The highest BCUT2D eigenvalue weighted by molar-refractivity contribution is 5.72. The number of anilines is 2. The van der Waals surface area contributed by atoms with Crippen molar-refractivity contribution in [2.24, 2.45) is 0 Å². The van der Waals surface area contributed by atoms with Crippen LogP contribution in [0.4, 0.5) is 15.8 Å². The first-order valence-corrected chi connectivity index (χ1v) is 8.48. The van der Waals surface area contributed by atoms with Crippen molar-refractivity contribution in [1.29, 1.82) is 0 Å². The molecule has 0 spiro atoms. The first-order valence-electron chi connectivity index (χ1n) is 8.48. The Morgan fingerprint density at radius 3 is 2.41 bits per heavy atom. The van der Waals surface area contributed by atoms with Gasteiger partial charge in [0.15, 0.2) is 0 Å². The molecule has 0 amide bonds. The standard InChI is InChI=1S/C20H22FN/c21-17-12-13-20-16(14-17)11-10-15-6-4-5-9-19(15)22(20)18-7-2-1-3-8-18/h4-6,9,12-14,18H,1-3,7-8,10-11H2. The van der Waals surface area contributed by atoms with Crippen LogP contribution in [0.5, 0.6) is 0 Å². The highest BCUT2D eigenvalue weighted by Crippen LogP contribution is 2.40. The van der Waals surface area contributed by atoms with Crippen molar-refractivity contribution >= 4 is 11.4 Å². The molecule has 1 nitrogen and oxygen atoms in total. The van der Waals surface area contributed by atoms with Crippen LogP contribution in [0, 0.1) is 5.82 Å². The van der Waals surface area contributed by atoms with Gasteiger partial charge in [0.25, 0.3) is 0 Å². The summed E-state index contributed by atoms with van der Waals surface area (Å²) in [6, 6.07) is 14.6. The van der Waals surface area contributed by atoms with E-state index in [1.54, 1.807) is 12.1 Å². The second-order valence-corrected chi connectivity index (χ2v) is 6.56. The molecule has 0 aromatic heterocycles. The molecule has 0 atom stereocenters. The van der Waals surface area contributed by atoms with Crippen LogP contribution in [0.25, 0.3) is 0 Å². The van der Waals surface area contributed by atoms with Gasteiger partial charge in [0.2, 0.25) is 0 Å². The van der Waals surface area contributed by atoms with Crippen LogP contribution in [0.2, 0.25) is 0 Å². The minimum atomic E-state index is -0.117.